The summed E-state index contributed by atoms with van der Waals surface area (Å²) in [6.07, 6.45) is 2.05. The van der Waals surface area contributed by atoms with Gasteiger partial charge in [-0.2, -0.15) is 0 Å². The van der Waals surface area contributed by atoms with Gasteiger partial charge >= 0.3 is 0 Å². The lowest BCUT2D eigenvalue weighted by molar-refractivity contribution is 0.0938. The Hall–Kier alpha value is -2.80. The molecule has 0 bridgehead atoms. The maximum absolute atomic E-state index is 12.7. The lowest BCUT2D eigenvalue weighted by Gasteiger charge is -2.31. The maximum atomic E-state index is 12.7. The van der Waals surface area contributed by atoms with Gasteiger partial charge < -0.3 is 19.7 Å². The molecule has 0 radical (unpaired) electrons. The quantitative estimate of drug-likeness (QED) is 0.665. The molecule has 1 N–H and O–H groups in total. The van der Waals surface area contributed by atoms with Gasteiger partial charge in [-0.15, -0.1) is 0 Å². The Kier molecular flexibility index (Phi) is 5.85. The van der Waals surface area contributed by atoms with Crippen molar-refractivity contribution in [3.63, 3.8) is 0 Å². The Morgan fingerprint density at radius 2 is 1.79 bits per heavy atom. The van der Waals surface area contributed by atoms with Crippen molar-refractivity contribution in [3.05, 3.63) is 48.0 Å². The van der Waals surface area contributed by atoms with Crippen LogP contribution < -0.4 is 19.7 Å². The minimum Gasteiger partial charge on any atom is -0.496 e. The van der Waals surface area contributed by atoms with E-state index in [2.05, 4.69) is 28.4 Å². The Balaban J connectivity index is 1.34. The van der Waals surface area contributed by atoms with Gasteiger partial charge in [0, 0.05) is 19.6 Å². The number of nitrogens with zero attached hydrogens (tertiary/aromatic N) is 2. The average molecular weight is 412 g/mol. The Labute approximate surface area is 174 Å². The first-order chi connectivity index (χ1) is 14.2. The van der Waals surface area contributed by atoms with E-state index in [-0.39, 0.29) is 5.91 Å². The third-order valence-corrected chi connectivity index (χ3v) is 6.47. The zero-order chi connectivity index (χ0) is 20.2. The summed E-state index contributed by atoms with van der Waals surface area (Å²) in [6.45, 7) is 2.56. The number of piperidine rings is 1. The van der Waals surface area contributed by atoms with Crippen molar-refractivity contribution in [2.75, 3.05) is 38.8 Å². The van der Waals surface area contributed by atoms with E-state index in [0.29, 0.717) is 29.5 Å². The SMILES string of the molecule is COc1cccc(OC)c1C(=O)NCC1CCN(c2nc3ccccc3s2)CC1. The van der Waals surface area contributed by atoms with Gasteiger partial charge in [0.25, 0.3) is 5.91 Å². The van der Waals surface area contributed by atoms with E-state index in [9.17, 15) is 4.79 Å². The zero-order valence-corrected chi connectivity index (χ0v) is 17.5. The normalized spacial score (nSPS) is 14.8. The van der Waals surface area contributed by atoms with Crippen molar-refractivity contribution < 1.29 is 14.3 Å². The number of thiazole rings is 1. The van der Waals surface area contributed by atoms with Crippen LogP contribution >= 0.6 is 11.3 Å². The highest BCUT2D eigenvalue weighted by molar-refractivity contribution is 7.22. The predicted octanol–water partition coefficient (Wildman–Crippen LogP) is 3.96. The molecule has 0 unspecified atom stereocenters. The number of anilines is 1. The number of nitrogens with one attached hydrogen (secondary N) is 1. The third-order valence-electron chi connectivity index (χ3n) is 5.37. The van der Waals surface area contributed by atoms with Crippen LogP contribution in [0.4, 0.5) is 5.13 Å². The molecule has 0 atom stereocenters. The Morgan fingerprint density at radius 3 is 2.45 bits per heavy atom. The van der Waals surface area contributed by atoms with Crippen molar-refractivity contribution in [1.29, 1.82) is 0 Å². The van der Waals surface area contributed by atoms with E-state index in [1.807, 2.05) is 12.1 Å². The number of hydrogen-bond donors (Lipinski definition) is 1. The van der Waals surface area contributed by atoms with E-state index in [1.165, 1.54) is 4.70 Å². The number of hydrogen-bond acceptors (Lipinski definition) is 6. The summed E-state index contributed by atoms with van der Waals surface area (Å²) in [6, 6.07) is 13.6. The topological polar surface area (TPSA) is 63.7 Å². The molecule has 1 aromatic heterocycles. The molecular weight excluding hydrogens is 386 g/mol. The minimum absolute atomic E-state index is 0.159. The summed E-state index contributed by atoms with van der Waals surface area (Å²) in [5.74, 6) is 1.33. The van der Waals surface area contributed by atoms with Gasteiger partial charge in [0.1, 0.15) is 17.1 Å². The lowest BCUT2D eigenvalue weighted by atomic mass is 9.97. The van der Waals surface area contributed by atoms with E-state index >= 15 is 0 Å². The molecule has 2 aromatic carbocycles. The zero-order valence-electron chi connectivity index (χ0n) is 16.7. The van der Waals surface area contributed by atoms with E-state index in [0.717, 1.165) is 36.6 Å². The van der Waals surface area contributed by atoms with Gasteiger partial charge in [-0.25, -0.2) is 4.98 Å². The first-order valence-corrected chi connectivity index (χ1v) is 10.6. The Morgan fingerprint density at radius 1 is 1.10 bits per heavy atom. The fourth-order valence-electron chi connectivity index (χ4n) is 3.72. The number of carbonyl (C=O) groups excluding carboxylic acids is 1. The number of aromatic nitrogens is 1. The largest absolute Gasteiger partial charge is 0.496 e. The van der Waals surface area contributed by atoms with Gasteiger partial charge in [-0.3, -0.25) is 4.79 Å². The predicted molar refractivity (Wildman–Crippen MR) is 116 cm³/mol. The van der Waals surface area contributed by atoms with Gasteiger partial charge in [0.2, 0.25) is 0 Å². The molecule has 0 spiro atoms. The second-order valence-electron chi connectivity index (χ2n) is 7.14. The van der Waals surface area contributed by atoms with Crippen molar-refractivity contribution in [2.45, 2.75) is 12.8 Å². The summed E-state index contributed by atoms with van der Waals surface area (Å²) in [7, 11) is 3.12. The van der Waals surface area contributed by atoms with Crippen LogP contribution in [0.5, 0.6) is 11.5 Å². The van der Waals surface area contributed by atoms with E-state index < -0.39 is 0 Å². The highest BCUT2D eigenvalue weighted by Gasteiger charge is 2.24. The minimum atomic E-state index is -0.159. The van der Waals surface area contributed by atoms with Crippen LogP contribution in [0.3, 0.4) is 0 Å². The number of rotatable bonds is 6. The number of benzene rings is 2. The lowest BCUT2D eigenvalue weighted by Crippen LogP contribution is -2.38. The summed E-state index contributed by atoms with van der Waals surface area (Å²) in [5.41, 5.74) is 1.51. The first-order valence-electron chi connectivity index (χ1n) is 9.79. The monoisotopic (exact) mass is 411 g/mol. The molecule has 1 amide bonds. The van der Waals surface area contributed by atoms with Crippen molar-refractivity contribution >= 4 is 32.6 Å². The Bertz CT molecular complexity index is 941. The summed E-state index contributed by atoms with van der Waals surface area (Å²) >= 11 is 1.75. The molecule has 7 heteroatoms. The molecule has 152 valence electrons. The van der Waals surface area contributed by atoms with Crippen LogP contribution in [0.25, 0.3) is 10.2 Å². The average Bonchev–Trinajstić information content (AvgIpc) is 3.21. The number of fused-ring (bicyclic) bond motifs is 1. The van der Waals surface area contributed by atoms with E-state index in [1.54, 1.807) is 37.7 Å². The van der Waals surface area contributed by atoms with Crippen LogP contribution in [0.1, 0.15) is 23.2 Å². The highest BCUT2D eigenvalue weighted by Crippen LogP contribution is 2.31. The van der Waals surface area contributed by atoms with Crippen LogP contribution in [0.15, 0.2) is 42.5 Å². The highest BCUT2D eigenvalue weighted by atomic mass is 32.1. The molecule has 0 saturated carbocycles. The molecule has 3 aromatic rings. The molecule has 1 fully saturated rings. The standard InChI is InChI=1S/C22H25N3O3S/c1-27-17-7-5-8-18(28-2)20(17)21(26)23-14-15-10-12-25(13-11-15)22-24-16-6-3-4-9-19(16)29-22/h3-9,15H,10-14H2,1-2H3,(H,23,26). The van der Waals surface area contributed by atoms with Gasteiger partial charge in [0.15, 0.2) is 5.13 Å². The molecule has 4 rings (SSSR count). The third kappa shape index (κ3) is 4.15. The second kappa shape index (κ2) is 8.69. The van der Waals surface area contributed by atoms with Gasteiger partial charge in [-0.1, -0.05) is 29.5 Å². The number of para-hydroxylation sites is 1. The first kappa shape index (κ1) is 19.5. The van der Waals surface area contributed by atoms with Gasteiger partial charge in [-0.05, 0) is 43.0 Å². The molecular formula is C22H25N3O3S. The molecule has 0 aliphatic carbocycles. The van der Waals surface area contributed by atoms with Crippen molar-refractivity contribution in [1.82, 2.24) is 10.3 Å². The molecule has 29 heavy (non-hydrogen) atoms. The second-order valence-corrected chi connectivity index (χ2v) is 8.15. The number of amides is 1. The van der Waals surface area contributed by atoms with Crippen LogP contribution in [0, 0.1) is 5.92 Å². The summed E-state index contributed by atoms with van der Waals surface area (Å²) in [5, 5.41) is 4.15. The number of methoxy groups -OCH3 is 2. The van der Waals surface area contributed by atoms with Gasteiger partial charge in [0.05, 0.1) is 24.4 Å². The summed E-state index contributed by atoms with van der Waals surface area (Å²) in [4.78, 5) is 19.9. The van der Waals surface area contributed by atoms with Crippen LogP contribution in [0.2, 0.25) is 0 Å². The maximum Gasteiger partial charge on any atom is 0.258 e. The summed E-state index contributed by atoms with van der Waals surface area (Å²) < 4.78 is 11.9. The van der Waals surface area contributed by atoms with Crippen LogP contribution in [-0.2, 0) is 0 Å². The molecule has 2 heterocycles. The fraction of sp³-hybridized carbons (Fsp3) is 0.364. The molecule has 1 aliphatic heterocycles. The molecule has 6 nitrogen and oxygen atoms in total. The van der Waals surface area contributed by atoms with Crippen molar-refractivity contribution in [2.24, 2.45) is 5.92 Å². The van der Waals surface area contributed by atoms with Crippen molar-refractivity contribution in [3.8, 4) is 11.5 Å². The van der Waals surface area contributed by atoms with Crippen LogP contribution in [-0.4, -0.2) is 44.7 Å². The fourth-order valence-corrected chi connectivity index (χ4v) is 4.74. The number of carbonyl (C=O) groups is 1. The van der Waals surface area contributed by atoms with E-state index in [4.69, 9.17) is 14.5 Å². The smallest absolute Gasteiger partial charge is 0.258 e. The number of ether oxygens (including phenoxy) is 2. The molecule has 1 saturated heterocycles. The molecule has 1 aliphatic rings.